The van der Waals surface area contributed by atoms with E-state index in [2.05, 4.69) is 0 Å². The third-order valence-corrected chi connectivity index (χ3v) is 3.58. The maximum Gasteiger partial charge on any atom is 0.205 e. The maximum absolute atomic E-state index is 12.5. The zero-order valence-electron chi connectivity index (χ0n) is 10.3. The van der Waals surface area contributed by atoms with E-state index < -0.39 is 0 Å². The summed E-state index contributed by atoms with van der Waals surface area (Å²) in [6, 6.07) is 12.6. The number of benzene rings is 2. The van der Waals surface area contributed by atoms with E-state index in [0.717, 1.165) is 0 Å². The molecule has 0 heterocycles. The molecule has 0 amide bonds. The zero-order valence-corrected chi connectivity index (χ0v) is 11.0. The molecule has 1 aliphatic rings. The predicted molar refractivity (Wildman–Crippen MR) is 76.0 cm³/mol. The number of hydrogen-bond acceptors (Lipinski definition) is 3. The molecule has 2 aromatic rings. The molecule has 1 aliphatic carbocycles. The van der Waals surface area contributed by atoms with Crippen molar-refractivity contribution < 1.29 is 14.7 Å². The summed E-state index contributed by atoms with van der Waals surface area (Å²) in [7, 11) is 0. The number of phenols is 1. The van der Waals surface area contributed by atoms with Crippen LogP contribution in [0.3, 0.4) is 0 Å². The Morgan fingerprint density at radius 3 is 1.95 bits per heavy atom. The fourth-order valence-electron chi connectivity index (χ4n) is 2.23. The summed E-state index contributed by atoms with van der Waals surface area (Å²) in [5, 5.41) is 9.21. The lowest BCUT2D eigenvalue weighted by Gasteiger charge is -2.17. The van der Waals surface area contributed by atoms with Gasteiger partial charge in [-0.25, -0.2) is 0 Å². The molecule has 0 atom stereocenters. The van der Waals surface area contributed by atoms with E-state index >= 15 is 0 Å². The SMILES string of the molecule is O=C1C(Cl)=C(c2ccc(O)cc2)C(=O)c2ccccc21. The molecule has 2 aromatic carbocycles. The highest BCUT2D eigenvalue weighted by molar-refractivity contribution is 6.56. The van der Waals surface area contributed by atoms with E-state index in [-0.39, 0.29) is 27.9 Å². The third kappa shape index (κ3) is 1.84. The Morgan fingerprint density at radius 2 is 1.35 bits per heavy atom. The van der Waals surface area contributed by atoms with Crippen LogP contribution in [0.1, 0.15) is 26.3 Å². The average Bonchev–Trinajstić information content (AvgIpc) is 2.47. The first-order valence-corrected chi connectivity index (χ1v) is 6.35. The predicted octanol–water partition coefficient (Wildman–Crippen LogP) is 3.42. The van der Waals surface area contributed by atoms with Gasteiger partial charge in [0.15, 0.2) is 5.78 Å². The van der Waals surface area contributed by atoms with Gasteiger partial charge in [0.05, 0.1) is 5.57 Å². The van der Waals surface area contributed by atoms with Crippen LogP contribution in [-0.2, 0) is 0 Å². The summed E-state index contributed by atoms with van der Waals surface area (Å²) in [6.07, 6.45) is 0. The molecule has 4 heteroatoms. The van der Waals surface area contributed by atoms with Gasteiger partial charge in [-0.3, -0.25) is 9.59 Å². The number of fused-ring (bicyclic) bond motifs is 1. The minimum atomic E-state index is -0.357. The summed E-state index contributed by atoms with van der Waals surface area (Å²) in [4.78, 5) is 24.7. The molecule has 0 fully saturated rings. The van der Waals surface area contributed by atoms with Crippen molar-refractivity contribution in [3.05, 3.63) is 70.3 Å². The number of carbonyl (C=O) groups excluding carboxylic acids is 2. The van der Waals surface area contributed by atoms with E-state index in [1.54, 1.807) is 36.4 Å². The van der Waals surface area contributed by atoms with Crippen molar-refractivity contribution in [2.45, 2.75) is 0 Å². The van der Waals surface area contributed by atoms with Crippen LogP contribution >= 0.6 is 11.6 Å². The van der Waals surface area contributed by atoms with Gasteiger partial charge in [0.1, 0.15) is 10.8 Å². The summed E-state index contributed by atoms with van der Waals surface area (Å²) < 4.78 is 0. The Kier molecular flexibility index (Phi) is 2.92. The molecule has 0 bridgehead atoms. The third-order valence-electron chi connectivity index (χ3n) is 3.22. The van der Waals surface area contributed by atoms with Crippen LogP contribution in [0.2, 0.25) is 0 Å². The van der Waals surface area contributed by atoms with Crippen molar-refractivity contribution in [2.75, 3.05) is 0 Å². The van der Waals surface area contributed by atoms with E-state index in [9.17, 15) is 14.7 Å². The summed E-state index contributed by atoms with van der Waals surface area (Å²) >= 11 is 6.08. The molecule has 0 radical (unpaired) electrons. The molecule has 0 unspecified atom stereocenters. The summed E-state index contributed by atoms with van der Waals surface area (Å²) in [5.41, 5.74) is 1.37. The molecule has 1 N–H and O–H groups in total. The number of hydrogen-bond donors (Lipinski definition) is 1. The van der Waals surface area contributed by atoms with Crippen LogP contribution in [0, 0.1) is 0 Å². The lowest BCUT2D eigenvalue weighted by atomic mass is 9.86. The largest absolute Gasteiger partial charge is 0.508 e. The zero-order chi connectivity index (χ0) is 14.3. The highest BCUT2D eigenvalue weighted by Gasteiger charge is 2.31. The van der Waals surface area contributed by atoms with Crippen molar-refractivity contribution in [3.63, 3.8) is 0 Å². The Hall–Kier alpha value is -2.39. The van der Waals surface area contributed by atoms with Gasteiger partial charge in [-0.2, -0.15) is 0 Å². The van der Waals surface area contributed by atoms with Gasteiger partial charge in [0.25, 0.3) is 0 Å². The van der Waals surface area contributed by atoms with Gasteiger partial charge < -0.3 is 5.11 Å². The normalized spacial score (nSPS) is 14.4. The van der Waals surface area contributed by atoms with Crippen LogP contribution in [0.5, 0.6) is 5.75 Å². The molecule has 0 aromatic heterocycles. The number of aromatic hydroxyl groups is 1. The van der Waals surface area contributed by atoms with Crippen molar-refractivity contribution >= 4 is 28.7 Å². The second-order valence-corrected chi connectivity index (χ2v) is 4.82. The summed E-state index contributed by atoms with van der Waals surface area (Å²) in [6.45, 7) is 0. The van der Waals surface area contributed by atoms with Crippen molar-refractivity contribution in [1.82, 2.24) is 0 Å². The van der Waals surface area contributed by atoms with E-state index in [1.165, 1.54) is 12.1 Å². The lowest BCUT2D eigenvalue weighted by molar-refractivity contribution is 0.0998. The second-order valence-electron chi connectivity index (χ2n) is 4.44. The van der Waals surface area contributed by atoms with Crippen LogP contribution in [0.15, 0.2) is 53.6 Å². The molecule has 20 heavy (non-hydrogen) atoms. The van der Waals surface area contributed by atoms with E-state index in [4.69, 9.17) is 11.6 Å². The van der Waals surface area contributed by atoms with Crippen LogP contribution in [-0.4, -0.2) is 16.7 Å². The minimum absolute atomic E-state index is 0.0838. The topological polar surface area (TPSA) is 54.4 Å². The minimum Gasteiger partial charge on any atom is -0.508 e. The Labute approximate surface area is 120 Å². The number of halogens is 1. The Bertz CT molecular complexity index is 758. The standard InChI is InChI=1S/C16H9ClO3/c17-14-13(9-5-7-10(18)8-6-9)15(19)11-3-1-2-4-12(11)16(14)20/h1-8,18H. The molecule has 0 spiro atoms. The lowest BCUT2D eigenvalue weighted by Crippen LogP contribution is -2.19. The second kappa shape index (κ2) is 4.62. The van der Waals surface area contributed by atoms with Gasteiger partial charge in [-0.05, 0) is 17.7 Å². The average molecular weight is 285 g/mol. The number of carbonyl (C=O) groups is 2. The molecular formula is C16H9ClO3. The molecule has 0 aliphatic heterocycles. The molecule has 98 valence electrons. The van der Waals surface area contributed by atoms with Gasteiger partial charge in [0, 0.05) is 11.1 Å². The number of Topliss-reactive ketones (excluding diaryl/α,β-unsaturated/α-hetero) is 2. The van der Waals surface area contributed by atoms with Crippen molar-refractivity contribution in [1.29, 1.82) is 0 Å². The Morgan fingerprint density at radius 1 is 0.800 bits per heavy atom. The van der Waals surface area contributed by atoms with Crippen LogP contribution < -0.4 is 0 Å². The molecule has 0 saturated heterocycles. The smallest absolute Gasteiger partial charge is 0.205 e. The van der Waals surface area contributed by atoms with E-state index in [0.29, 0.717) is 16.7 Å². The van der Waals surface area contributed by atoms with Gasteiger partial charge in [0.2, 0.25) is 5.78 Å². The number of allylic oxidation sites excluding steroid dienone is 2. The maximum atomic E-state index is 12.5. The number of phenolic OH excluding ortho intramolecular Hbond substituents is 1. The fourth-order valence-corrected chi connectivity index (χ4v) is 2.53. The summed E-state index contributed by atoms with van der Waals surface area (Å²) in [5.74, 6) is -0.554. The van der Waals surface area contributed by atoms with Crippen LogP contribution in [0.4, 0.5) is 0 Å². The Balaban J connectivity index is 2.21. The first-order chi connectivity index (χ1) is 9.59. The molecule has 3 rings (SSSR count). The molecular weight excluding hydrogens is 276 g/mol. The number of ketones is 2. The first kappa shape index (κ1) is 12.6. The van der Waals surface area contributed by atoms with Crippen LogP contribution in [0.25, 0.3) is 5.57 Å². The monoisotopic (exact) mass is 284 g/mol. The molecule has 0 saturated carbocycles. The highest BCUT2D eigenvalue weighted by atomic mass is 35.5. The van der Waals surface area contributed by atoms with Crippen molar-refractivity contribution in [2.24, 2.45) is 0 Å². The fraction of sp³-hybridized carbons (Fsp3) is 0. The van der Waals surface area contributed by atoms with Gasteiger partial charge >= 0.3 is 0 Å². The van der Waals surface area contributed by atoms with Gasteiger partial charge in [-0.1, -0.05) is 48.0 Å². The molecule has 3 nitrogen and oxygen atoms in total. The van der Waals surface area contributed by atoms with E-state index in [1.807, 2.05) is 0 Å². The highest BCUT2D eigenvalue weighted by Crippen LogP contribution is 2.34. The van der Waals surface area contributed by atoms with Gasteiger partial charge in [-0.15, -0.1) is 0 Å². The quantitative estimate of drug-likeness (QED) is 0.873. The first-order valence-electron chi connectivity index (χ1n) is 5.97. The number of rotatable bonds is 1. The van der Waals surface area contributed by atoms with Crippen molar-refractivity contribution in [3.8, 4) is 5.75 Å².